The number of anilines is 3. The number of nitrogens with zero attached hydrogens (tertiary/aromatic N) is 1. The van der Waals surface area contributed by atoms with Crippen molar-refractivity contribution in [1.29, 1.82) is 0 Å². The summed E-state index contributed by atoms with van der Waals surface area (Å²) in [7, 11) is 1.96. The maximum absolute atomic E-state index is 3.21. The van der Waals surface area contributed by atoms with E-state index in [4.69, 9.17) is 0 Å². The van der Waals surface area contributed by atoms with Crippen LogP contribution in [-0.2, 0) is 0 Å². The van der Waals surface area contributed by atoms with Crippen LogP contribution >= 0.6 is 11.8 Å². The fourth-order valence-electron chi connectivity index (χ4n) is 2.25. The van der Waals surface area contributed by atoms with E-state index in [-0.39, 0.29) is 0 Å². The number of rotatable bonds is 2. The highest BCUT2D eigenvalue weighted by Gasteiger charge is 2.18. The molecule has 1 N–H and O–H groups in total. The summed E-state index contributed by atoms with van der Waals surface area (Å²) >= 11 is 1.94. The van der Waals surface area contributed by atoms with Gasteiger partial charge >= 0.3 is 0 Å². The standard InChI is InChI=1S/C15H16N2S/c1-16-12-7-8-15-14(11-12)17(9-10-18-15)13-5-3-2-4-6-13/h2-8,11,16H,9-10H2,1H3. The van der Waals surface area contributed by atoms with Crippen LogP contribution < -0.4 is 10.2 Å². The van der Waals surface area contributed by atoms with E-state index in [9.17, 15) is 0 Å². The molecular formula is C15H16N2S. The van der Waals surface area contributed by atoms with Gasteiger partial charge in [0.1, 0.15) is 0 Å². The van der Waals surface area contributed by atoms with Gasteiger partial charge in [-0.1, -0.05) is 18.2 Å². The van der Waals surface area contributed by atoms with Crippen molar-refractivity contribution in [2.24, 2.45) is 0 Å². The third-order valence-corrected chi connectivity index (χ3v) is 4.22. The molecule has 0 aromatic heterocycles. The molecule has 2 aromatic carbocycles. The Morgan fingerprint density at radius 1 is 1.11 bits per heavy atom. The smallest absolute Gasteiger partial charge is 0.0569 e. The maximum Gasteiger partial charge on any atom is 0.0569 e. The van der Waals surface area contributed by atoms with Gasteiger partial charge in [-0.15, -0.1) is 11.8 Å². The summed E-state index contributed by atoms with van der Waals surface area (Å²) in [4.78, 5) is 3.76. The first-order valence-corrected chi connectivity index (χ1v) is 7.14. The molecule has 2 aromatic rings. The third kappa shape index (κ3) is 2.06. The lowest BCUT2D eigenvalue weighted by molar-refractivity contribution is 0.996. The van der Waals surface area contributed by atoms with E-state index in [1.165, 1.54) is 16.3 Å². The molecule has 0 amide bonds. The molecule has 0 saturated carbocycles. The number of hydrogen-bond acceptors (Lipinski definition) is 3. The fraction of sp³-hybridized carbons (Fsp3) is 0.200. The zero-order chi connectivity index (χ0) is 12.4. The van der Waals surface area contributed by atoms with Crippen molar-refractivity contribution < 1.29 is 0 Å². The fourth-order valence-corrected chi connectivity index (χ4v) is 3.22. The molecule has 2 nitrogen and oxygen atoms in total. The molecule has 0 fully saturated rings. The lowest BCUT2D eigenvalue weighted by Gasteiger charge is -2.31. The van der Waals surface area contributed by atoms with Crippen molar-refractivity contribution in [2.75, 3.05) is 29.6 Å². The zero-order valence-electron chi connectivity index (χ0n) is 10.4. The maximum atomic E-state index is 3.21. The average Bonchev–Trinajstić information content (AvgIpc) is 2.47. The summed E-state index contributed by atoms with van der Waals surface area (Å²) in [6.45, 7) is 1.06. The normalized spacial score (nSPS) is 14.2. The highest BCUT2D eigenvalue weighted by atomic mass is 32.2. The van der Waals surface area contributed by atoms with E-state index in [0.717, 1.165) is 18.0 Å². The van der Waals surface area contributed by atoms with Crippen LogP contribution in [0.25, 0.3) is 0 Å². The zero-order valence-corrected chi connectivity index (χ0v) is 11.2. The molecule has 92 valence electrons. The summed E-state index contributed by atoms with van der Waals surface area (Å²) in [6.07, 6.45) is 0. The van der Waals surface area contributed by atoms with Crippen molar-refractivity contribution in [3.05, 3.63) is 48.5 Å². The SMILES string of the molecule is CNc1ccc2c(c1)N(c1ccccc1)CCS2. The van der Waals surface area contributed by atoms with Gasteiger partial charge in [0, 0.05) is 35.6 Å². The molecule has 0 atom stereocenters. The van der Waals surface area contributed by atoms with Gasteiger partial charge in [0.25, 0.3) is 0 Å². The number of benzene rings is 2. The van der Waals surface area contributed by atoms with Crippen molar-refractivity contribution in [3.8, 4) is 0 Å². The molecule has 1 heterocycles. The van der Waals surface area contributed by atoms with Crippen LogP contribution in [0.15, 0.2) is 53.4 Å². The summed E-state index contributed by atoms with van der Waals surface area (Å²) in [6, 6.07) is 17.2. The van der Waals surface area contributed by atoms with E-state index in [1.807, 2.05) is 18.8 Å². The molecule has 1 aliphatic rings. The Balaban J connectivity index is 2.05. The first-order valence-electron chi connectivity index (χ1n) is 6.15. The van der Waals surface area contributed by atoms with Crippen molar-refractivity contribution in [2.45, 2.75) is 4.90 Å². The molecule has 1 aliphatic heterocycles. The Bertz CT molecular complexity index is 539. The van der Waals surface area contributed by atoms with Crippen LogP contribution in [0.2, 0.25) is 0 Å². The van der Waals surface area contributed by atoms with Gasteiger partial charge in [-0.3, -0.25) is 0 Å². The van der Waals surface area contributed by atoms with Gasteiger partial charge in [0.05, 0.1) is 5.69 Å². The molecule has 0 spiro atoms. The monoisotopic (exact) mass is 256 g/mol. The minimum absolute atomic E-state index is 1.06. The number of hydrogen-bond donors (Lipinski definition) is 1. The van der Waals surface area contributed by atoms with E-state index in [2.05, 4.69) is 58.7 Å². The molecule has 0 aliphatic carbocycles. The molecule has 0 unspecified atom stereocenters. The van der Waals surface area contributed by atoms with Gasteiger partial charge in [-0.2, -0.15) is 0 Å². The second-order valence-electron chi connectivity index (χ2n) is 4.27. The first-order chi connectivity index (χ1) is 8.88. The average molecular weight is 256 g/mol. The lowest BCUT2D eigenvalue weighted by Crippen LogP contribution is -2.24. The highest BCUT2D eigenvalue weighted by Crippen LogP contribution is 2.40. The number of para-hydroxylation sites is 1. The molecule has 18 heavy (non-hydrogen) atoms. The topological polar surface area (TPSA) is 15.3 Å². The first kappa shape index (κ1) is 11.5. The largest absolute Gasteiger partial charge is 0.388 e. The minimum atomic E-state index is 1.06. The summed E-state index contributed by atoms with van der Waals surface area (Å²) in [5.74, 6) is 1.14. The Morgan fingerprint density at radius 2 is 1.94 bits per heavy atom. The van der Waals surface area contributed by atoms with Gasteiger partial charge in [0.2, 0.25) is 0 Å². The molecule has 3 rings (SSSR count). The van der Waals surface area contributed by atoms with Crippen LogP contribution in [0.3, 0.4) is 0 Å². The number of thioether (sulfide) groups is 1. The molecule has 0 radical (unpaired) electrons. The van der Waals surface area contributed by atoms with Gasteiger partial charge in [-0.05, 0) is 30.3 Å². The number of nitrogens with one attached hydrogen (secondary N) is 1. The minimum Gasteiger partial charge on any atom is -0.388 e. The quantitative estimate of drug-likeness (QED) is 0.875. The van der Waals surface area contributed by atoms with Crippen LogP contribution in [0.4, 0.5) is 17.1 Å². The van der Waals surface area contributed by atoms with E-state index in [1.54, 1.807) is 0 Å². The lowest BCUT2D eigenvalue weighted by atomic mass is 10.2. The highest BCUT2D eigenvalue weighted by molar-refractivity contribution is 7.99. The third-order valence-electron chi connectivity index (χ3n) is 3.18. The van der Waals surface area contributed by atoms with Crippen molar-refractivity contribution in [3.63, 3.8) is 0 Å². The van der Waals surface area contributed by atoms with E-state index in [0.29, 0.717) is 0 Å². The summed E-state index contributed by atoms with van der Waals surface area (Å²) in [5, 5.41) is 3.21. The Kier molecular flexibility index (Phi) is 3.15. The van der Waals surface area contributed by atoms with Crippen molar-refractivity contribution >= 4 is 28.8 Å². The second kappa shape index (κ2) is 4.94. The van der Waals surface area contributed by atoms with Crippen LogP contribution in [0.5, 0.6) is 0 Å². The van der Waals surface area contributed by atoms with Crippen LogP contribution in [-0.4, -0.2) is 19.3 Å². The van der Waals surface area contributed by atoms with Crippen LogP contribution in [0.1, 0.15) is 0 Å². The predicted molar refractivity (Wildman–Crippen MR) is 80.2 cm³/mol. The molecule has 0 saturated heterocycles. The predicted octanol–water partition coefficient (Wildman–Crippen LogP) is 3.97. The van der Waals surface area contributed by atoms with Gasteiger partial charge in [0.15, 0.2) is 0 Å². The van der Waals surface area contributed by atoms with Gasteiger partial charge in [-0.25, -0.2) is 0 Å². The van der Waals surface area contributed by atoms with Crippen molar-refractivity contribution in [1.82, 2.24) is 0 Å². The number of fused-ring (bicyclic) bond motifs is 1. The van der Waals surface area contributed by atoms with Gasteiger partial charge < -0.3 is 10.2 Å². The summed E-state index contributed by atoms with van der Waals surface area (Å²) < 4.78 is 0. The Hall–Kier alpha value is -1.61. The Labute approximate surface area is 112 Å². The van der Waals surface area contributed by atoms with E-state index >= 15 is 0 Å². The molecule has 3 heteroatoms. The molecule has 0 bridgehead atoms. The summed E-state index contributed by atoms with van der Waals surface area (Å²) in [5.41, 5.74) is 3.74. The van der Waals surface area contributed by atoms with Crippen LogP contribution in [0, 0.1) is 0 Å². The second-order valence-corrected chi connectivity index (χ2v) is 5.40. The van der Waals surface area contributed by atoms with E-state index < -0.39 is 0 Å². The molecular weight excluding hydrogens is 240 g/mol. The Morgan fingerprint density at radius 3 is 2.72 bits per heavy atom.